The summed E-state index contributed by atoms with van der Waals surface area (Å²) < 4.78 is 0. The number of nitrogens with one attached hydrogen (secondary N) is 1. The first-order valence-electron chi connectivity index (χ1n) is 9.36. The summed E-state index contributed by atoms with van der Waals surface area (Å²) in [5.74, 6) is -0.523. The van der Waals surface area contributed by atoms with E-state index in [4.69, 9.17) is 46.4 Å². The van der Waals surface area contributed by atoms with Gasteiger partial charge in [-0.05, 0) is 63.1 Å². The van der Waals surface area contributed by atoms with Gasteiger partial charge in [-0.15, -0.1) is 0 Å². The van der Waals surface area contributed by atoms with Crippen molar-refractivity contribution >= 4 is 58.2 Å². The van der Waals surface area contributed by atoms with Crippen molar-refractivity contribution in [3.63, 3.8) is 0 Å². The first kappa shape index (κ1) is 24.8. The van der Waals surface area contributed by atoms with Gasteiger partial charge in [-0.25, -0.2) is 0 Å². The molecule has 0 radical (unpaired) electrons. The number of hydrogen-bond acceptors (Lipinski definition) is 2. The molecule has 1 N–H and O–H groups in total. The molecule has 0 aromatic heterocycles. The van der Waals surface area contributed by atoms with E-state index in [9.17, 15) is 9.59 Å². The predicted octanol–water partition coefficient (Wildman–Crippen LogP) is 6.17. The molecule has 4 nitrogen and oxygen atoms in total. The molecule has 0 aliphatic carbocycles. The van der Waals surface area contributed by atoms with Crippen molar-refractivity contribution in [3.8, 4) is 0 Å². The van der Waals surface area contributed by atoms with E-state index in [1.54, 1.807) is 43.3 Å². The van der Waals surface area contributed by atoms with Crippen LogP contribution >= 0.6 is 46.4 Å². The zero-order chi connectivity index (χ0) is 22.6. The maximum Gasteiger partial charge on any atom is 0.242 e. The normalized spacial score (nSPS) is 12.4. The van der Waals surface area contributed by atoms with Crippen LogP contribution < -0.4 is 5.32 Å². The van der Waals surface area contributed by atoms with Gasteiger partial charge in [-0.3, -0.25) is 9.59 Å². The average Bonchev–Trinajstić information content (AvgIpc) is 2.61. The summed E-state index contributed by atoms with van der Waals surface area (Å²) in [6, 6.07) is 9.28. The Labute approximate surface area is 197 Å². The molecule has 0 heterocycles. The predicted molar refractivity (Wildman–Crippen MR) is 125 cm³/mol. The SMILES string of the molecule is CC(C(=O)NC(C)(C)C)N(Cc1ccc(Cl)cc1Cl)C(=O)Cc1ccc(Cl)cc1Cl. The maximum absolute atomic E-state index is 13.2. The Morgan fingerprint density at radius 1 is 0.933 bits per heavy atom. The zero-order valence-electron chi connectivity index (χ0n) is 17.2. The Kier molecular flexibility index (Phi) is 8.46. The van der Waals surface area contributed by atoms with E-state index in [1.165, 1.54) is 4.90 Å². The van der Waals surface area contributed by atoms with E-state index in [2.05, 4.69) is 5.32 Å². The van der Waals surface area contributed by atoms with Crippen LogP contribution in [-0.4, -0.2) is 28.3 Å². The van der Waals surface area contributed by atoms with Crippen LogP contribution in [-0.2, 0) is 22.6 Å². The third-order valence-corrected chi connectivity index (χ3v) is 5.55. The molecule has 2 aromatic carbocycles. The molecule has 0 fully saturated rings. The first-order chi connectivity index (χ1) is 13.9. The number of benzene rings is 2. The van der Waals surface area contributed by atoms with Crippen LogP contribution in [0.5, 0.6) is 0 Å². The van der Waals surface area contributed by atoms with Crippen molar-refractivity contribution in [2.45, 2.75) is 52.2 Å². The number of nitrogens with zero attached hydrogens (tertiary/aromatic N) is 1. The van der Waals surface area contributed by atoms with Crippen molar-refractivity contribution in [3.05, 3.63) is 67.6 Å². The number of rotatable bonds is 6. The van der Waals surface area contributed by atoms with Gasteiger partial charge in [0.15, 0.2) is 0 Å². The Bertz CT molecular complexity index is 941. The average molecular weight is 490 g/mol. The number of halogens is 4. The lowest BCUT2D eigenvalue weighted by molar-refractivity contribution is -0.140. The molecular formula is C22H24Cl4N2O2. The van der Waals surface area contributed by atoms with Gasteiger partial charge in [-0.2, -0.15) is 0 Å². The number of carbonyl (C=O) groups is 2. The fourth-order valence-electron chi connectivity index (χ4n) is 2.82. The van der Waals surface area contributed by atoms with E-state index in [0.717, 1.165) is 0 Å². The molecule has 8 heteroatoms. The zero-order valence-corrected chi connectivity index (χ0v) is 20.3. The Morgan fingerprint density at radius 3 is 1.90 bits per heavy atom. The summed E-state index contributed by atoms with van der Waals surface area (Å²) in [4.78, 5) is 27.5. The lowest BCUT2D eigenvalue weighted by atomic mass is 10.1. The van der Waals surface area contributed by atoms with Crippen LogP contribution in [0.2, 0.25) is 20.1 Å². The van der Waals surface area contributed by atoms with E-state index >= 15 is 0 Å². The maximum atomic E-state index is 13.2. The lowest BCUT2D eigenvalue weighted by Gasteiger charge is -2.32. The molecule has 1 unspecified atom stereocenters. The highest BCUT2D eigenvalue weighted by Crippen LogP contribution is 2.25. The summed E-state index contributed by atoms with van der Waals surface area (Å²) in [7, 11) is 0. The summed E-state index contributed by atoms with van der Waals surface area (Å²) in [6.45, 7) is 7.49. The fourth-order valence-corrected chi connectivity index (χ4v) is 3.76. The molecule has 0 spiro atoms. The molecule has 30 heavy (non-hydrogen) atoms. The fraction of sp³-hybridized carbons (Fsp3) is 0.364. The molecule has 0 saturated carbocycles. The molecular weight excluding hydrogens is 466 g/mol. The van der Waals surface area contributed by atoms with Crippen LogP contribution in [0.15, 0.2) is 36.4 Å². The Hall–Kier alpha value is -1.46. The van der Waals surface area contributed by atoms with Crippen molar-refractivity contribution in [1.82, 2.24) is 10.2 Å². The molecule has 0 bridgehead atoms. The van der Waals surface area contributed by atoms with Gasteiger partial charge >= 0.3 is 0 Å². The number of carbonyl (C=O) groups excluding carboxylic acids is 2. The van der Waals surface area contributed by atoms with Gasteiger partial charge in [0, 0.05) is 32.2 Å². The molecule has 2 aromatic rings. The van der Waals surface area contributed by atoms with Crippen LogP contribution in [0.4, 0.5) is 0 Å². The van der Waals surface area contributed by atoms with Gasteiger partial charge in [-0.1, -0.05) is 58.5 Å². The number of amides is 2. The molecule has 0 aliphatic heterocycles. The van der Waals surface area contributed by atoms with Crippen LogP contribution in [0.1, 0.15) is 38.8 Å². The second-order valence-electron chi connectivity index (χ2n) is 8.09. The van der Waals surface area contributed by atoms with E-state index in [0.29, 0.717) is 31.2 Å². The minimum Gasteiger partial charge on any atom is -0.350 e. The quantitative estimate of drug-likeness (QED) is 0.527. The minimum absolute atomic E-state index is 0.0222. The van der Waals surface area contributed by atoms with Gasteiger partial charge in [0.05, 0.1) is 6.42 Å². The number of hydrogen-bond donors (Lipinski definition) is 1. The third-order valence-electron chi connectivity index (χ3n) is 4.38. The molecule has 0 aliphatic rings. The van der Waals surface area contributed by atoms with Crippen molar-refractivity contribution < 1.29 is 9.59 Å². The highest BCUT2D eigenvalue weighted by Gasteiger charge is 2.29. The summed E-state index contributed by atoms with van der Waals surface area (Å²) in [5.41, 5.74) is 0.881. The molecule has 2 amide bonds. The van der Waals surface area contributed by atoms with Gasteiger partial charge in [0.2, 0.25) is 11.8 Å². The second-order valence-corrected chi connectivity index (χ2v) is 9.77. The van der Waals surface area contributed by atoms with E-state index in [1.807, 2.05) is 20.8 Å². The topological polar surface area (TPSA) is 49.4 Å². The van der Waals surface area contributed by atoms with Crippen molar-refractivity contribution in [2.75, 3.05) is 0 Å². The van der Waals surface area contributed by atoms with E-state index < -0.39 is 11.6 Å². The molecule has 162 valence electrons. The highest BCUT2D eigenvalue weighted by molar-refractivity contribution is 6.35. The first-order valence-corrected chi connectivity index (χ1v) is 10.9. The Morgan fingerprint density at radius 2 is 1.43 bits per heavy atom. The summed E-state index contributed by atoms with van der Waals surface area (Å²) >= 11 is 24.5. The lowest BCUT2D eigenvalue weighted by Crippen LogP contribution is -2.52. The summed E-state index contributed by atoms with van der Waals surface area (Å²) in [5, 5.41) is 4.71. The van der Waals surface area contributed by atoms with Crippen molar-refractivity contribution in [2.24, 2.45) is 0 Å². The van der Waals surface area contributed by atoms with Crippen LogP contribution in [0.3, 0.4) is 0 Å². The van der Waals surface area contributed by atoms with Crippen molar-refractivity contribution in [1.29, 1.82) is 0 Å². The second kappa shape index (κ2) is 10.2. The van der Waals surface area contributed by atoms with E-state index in [-0.39, 0.29) is 24.8 Å². The van der Waals surface area contributed by atoms with Gasteiger partial charge in [0.1, 0.15) is 6.04 Å². The minimum atomic E-state index is -0.727. The molecule has 0 saturated heterocycles. The molecule has 1 atom stereocenters. The highest BCUT2D eigenvalue weighted by atomic mass is 35.5. The largest absolute Gasteiger partial charge is 0.350 e. The molecule has 2 rings (SSSR count). The summed E-state index contributed by atoms with van der Waals surface area (Å²) in [6.07, 6.45) is 0.0222. The van der Waals surface area contributed by atoms with Gasteiger partial charge in [0.25, 0.3) is 0 Å². The smallest absolute Gasteiger partial charge is 0.242 e. The standard InChI is InChI=1S/C22H24Cl4N2O2/c1-13(21(30)27-22(2,3)4)28(12-15-6-8-17(24)11-19(15)26)20(29)9-14-5-7-16(23)10-18(14)25/h5-8,10-11,13H,9,12H2,1-4H3,(H,27,30). The monoisotopic (exact) mass is 488 g/mol. The third kappa shape index (κ3) is 7.05. The van der Waals surface area contributed by atoms with Gasteiger partial charge < -0.3 is 10.2 Å². The Balaban J connectivity index is 2.33. The van der Waals surface area contributed by atoms with Crippen LogP contribution in [0, 0.1) is 0 Å². The van der Waals surface area contributed by atoms with Crippen LogP contribution in [0.25, 0.3) is 0 Å².